The van der Waals surface area contributed by atoms with Crippen LogP contribution in [-0.4, -0.2) is 35.4 Å². The third-order valence-electron chi connectivity index (χ3n) is 6.00. The Balaban J connectivity index is 2.35. The molecule has 1 unspecified atom stereocenters. The van der Waals surface area contributed by atoms with Gasteiger partial charge in [-0.15, -0.1) is 0 Å². The maximum Gasteiger partial charge on any atom is 0.192 e. The highest BCUT2D eigenvalue weighted by molar-refractivity contribution is 7.91. The molecular weight excluding hydrogens is 426 g/mol. The van der Waals surface area contributed by atoms with Gasteiger partial charge < -0.3 is 9.16 Å². The van der Waals surface area contributed by atoms with Gasteiger partial charge in [-0.2, -0.15) is 0 Å². The predicted octanol–water partition coefficient (Wildman–Crippen LogP) is 5.88. The van der Waals surface area contributed by atoms with Crippen molar-refractivity contribution in [2.75, 3.05) is 13.7 Å². The summed E-state index contributed by atoms with van der Waals surface area (Å²) in [5.41, 5.74) is 1.25. The first-order valence-corrected chi connectivity index (χ1v) is 14.9. The van der Waals surface area contributed by atoms with Crippen molar-refractivity contribution in [3.63, 3.8) is 0 Å². The van der Waals surface area contributed by atoms with Crippen molar-refractivity contribution in [1.29, 1.82) is 0 Å². The number of hydrogen-bond donors (Lipinski definition) is 0. The van der Waals surface area contributed by atoms with Gasteiger partial charge in [0.15, 0.2) is 18.2 Å². The van der Waals surface area contributed by atoms with Crippen LogP contribution in [0.3, 0.4) is 0 Å². The second kappa shape index (κ2) is 10.1. The Hall–Kier alpha value is -1.96. The second-order valence-electron chi connectivity index (χ2n) is 9.14. The van der Waals surface area contributed by atoms with E-state index in [0.717, 1.165) is 0 Å². The van der Waals surface area contributed by atoms with Crippen LogP contribution in [0.2, 0.25) is 18.1 Å². The number of benzene rings is 1. The van der Waals surface area contributed by atoms with E-state index < -0.39 is 23.4 Å². The molecule has 31 heavy (non-hydrogen) atoms. The molecule has 0 aliphatic heterocycles. The lowest BCUT2D eigenvalue weighted by atomic mass is 10.1. The Morgan fingerprint density at radius 1 is 1.10 bits per heavy atom. The molecule has 0 aliphatic rings. The Labute approximate surface area is 188 Å². The van der Waals surface area contributed by atoms with Crippen molar-refractivity contribution in [3.8, 4) is 5.75 Å². The number of methoxy groups -OCH3 is 1. The number of ether oxygens (including phenoxy) is 1. The van der Waals surface area contributed by atoms with Crippen LogP contribution < -0.4 is 4.74 Å². The summed E-state index contributed by atoms with van der Waals surface area (Å²) in [7, 11) is -3.96. The van der Waals surface area contributed by atoms with Crippen LogP contribution in [0.25, 0.3) is 0 Å². The van der Waals surface area contributed by atoms with Gasteiger partial charge in [0, 0.05) is 17.5 Å². The van der Waals surface area contributed by atoms with E-state index in [9.17, 15) is 8.42 Å². The van der Waals surface area contributed by atoms with E-state index in [4.69, 9.17) is 9.16 Å². The summed E-state index contributed by atoms with van der Waals surface area (Å²) in [6, 6.07) is 10.2. The van der Waals surface area contributed by atoms with Crippen molar-refractivity contribution in [1.82, 2.24) is 4.98 Å². The highest BCUT2D eigenvalue weighted by atomic mass is 32.2. The third kappa shape index (κ3) is 6.05. The molecule has 0 saturated carbocycles. The molecule has 5 nitrogen and oxygen atoms in total. The maximum absolute atomic E-state index is 13.6. The van der Waals surface area contributed by atoms with Gasteiger partial charge >= 0.3 is 0 Å². The minimum Gasteiger partial charge on any atom is -0.496 e. The SMILES string of the molecule is COc1ccnc(C)c1C(C/C=C\CO[Si](C)(C)C(C)(C)C)S(=O)(=O)c1ccccc1. The van der Waals surface area contributed by atoms with Gasteiger partial charge in [-0.3, -0.25) is 4.98 Å². The fourth-order valence-corrected chi connectivity index (χ4v) is 5.83. The highest BCUT2D eigenvalue weighted by Gasteiger charge is 2.37. The van der Waals surface area contributed by atoms with E-state index in [2.05, 4.69) is 38.8 Å². The number of allylic oxidation sites excluding steroid dienone is 1. The quantitative estimate of drug-likeness (QED) is 0.344. The minimum atomic E-state index is -3.65. The average Bonchev–Trinajstić information content (AvgIpc) is 2.70. The standard InChI is InChI=1S/C24H35NO4SSi/c1-19-23(21(28-5)16-17-25-19)22(30(26,27)20-13-9-8-10-14-20)15-11-12-18-29-31(6,7)24(2,3)4/h8-14,16-17,22H,15,18H2,1-7H3/b12-11-. The average molecular weight is 462 g/mol. The summed E-state index contributed by atoms with van der Waals surface area (Å²) in [6.45, 7) is 13.3. The monoisotopic (exact) mass is 461 g/mol. The van der Waals surface area contributed by atoms with Crippen molar-refractivity contribution in [3.05, 3.63) is 66.0 Å². The van der Waals surface area contributed by atoms with Gasteiger partial charge in [0.25, 0.3) is 0 Å². The summed E-state index contributed by atoms with van der Waals surface area (Å²) in [6.07, 6.45) is 5.75. The molecule has 170 valence electrons. The lowest BCUT2D eigenvalue weighted by Gasteiger charge is -2.35. The molecule has 0 aliphatic carbocycles. The van der Waals surface area contributed by atoms with Crippen molar-refractivity contribution in [2.45, 2.75) is 62.4 Å². The topological polar surface area (TPSA) is 65.5 Å². The molecule has 1 aromatic heterocycles. The molecule has 7 heteroatoms. The molecule has 0 N–H and O–H groups in total. The van der Waals surface area contributed by atoms with E-state index in [0.29, 0.717) is 30.0 Å². The van der Waals surface area contributed by atoms with Crippen LogP contribution in [-0.2, 0) is 14.3 Å². The van der Waals surface area contributed by atoms with Crippen LogP contribution in [0.5, 0.6) is 5.75 Å². The molecule has 1 heterocycles. The Bertz CT molecular complexity index is 996. The zero-order valence-electron chi connectivity index (χ0n) is 19.7. The molecule has 0 fully saturated rings. The molecule has 0 saturated heterocycles. The first-order valence-electron chi connectivity index (χ1n) is 10.5. The number of aryl methyl sites for hydroxylation is 1. The summed E-state index contributed by atoms with van der Waals surface area (Å²) in [5.74, 6) is 0.530. The van der Waals surface area contributed by atoms with Crippen LogP contribution >= 0.6 is 0 Å². The number of nitrogens with zero attached hydrogens (tertiary/aromatic N) is 1. The molecule has 2 aromatic rings. The largest absolute Gasteiger partial charge is 0.496 e. The van der Waals surface area contributed by atoms with Gasteiger partial charge in [0.05, 0.1) is 23.9 Å². The first-order chi connectivity index (χ1) is 14.4. The number of aromatic nitrogens is 1. The Morgan fingerprint density at radius 2 is 1.74 bits per heavy atom. The van der Waals surface area contributed by atoms with E-state index in [-0.39, 0.29) is 9.93 Å². The smallest absolute Gasteiger partial charge is 0.192 e. The normalized spacial score (nSPS) is 14.0. The van der Waals surface area contributed by atoms with Crippen molar-refractivity contribution < 1.29 is 17.6 Å². The lowest BCUT2D eigenvalue weighted by Crippen LogP contribution is -2.40. The number of hydrogen-bond acceptors (Lipinski definition) is 5. The molecule has 0 radical (unpaired) electrons. The number of sulfone groups is 1. The summed E-state index contributed by atoms with van der Waals surface area (Å²) < 4.78 is 38.8. The molecule has 2 rings (SSSR count). The summed E-state index contributed by atoms with van der Waals surface area (Å²) in [5, 5.41) is -0.678. The van der Waals surface area contributed by atoms with E-state index in [1.54, 1.807) is 43.6 Å². The fourth-order valence-electron chi connectivity index (χ4n) is 3.06. The van der Waals surface area contributed by atoms with Gasteiger partial charge in [0.1, 0.15) is 5.75 Å². The highest BCUT2D eigenvalue weighted by Crippen LogP contribution is 2.39. The Morgan fingerprint density at radius 3 is 2.32 bits per heavy atom. The van der Waals surface area contributed by atoms with Gasteiger partial charge in [-0.25, -0.2) is 8.42 Å². The molecule has 0 spiro atoms. The van der Waals surface area contributed by atoms with Gasteiger partial charge in [0.2, 0.25) is 0 Å². The van der Waals surface area contributed by atoms with Crippen LogP contribution in [0.4, 0.5) is 0 Å². The molecular formula is C24H35NO4SSi. The van der Waals surface area contributed by atoms with E-state index >= 15 is 0 Å². The minimum absolute atomic E-state index is 0.125. The predicted molar refractivity (Wildman–Crippen MR) is 129 cm³/mol. The van der Waals surface area contributed by atoms with Crippen LogP contribution in [0, 0.1) is 6.92 Å². The van der Waals surface area contributed by atoms with E-state index in [1.807, 2.05) is 25.1 Å². The molecule has 0 amide bonds. The van der Waals surface area contributed by atoms with Crippen molar-refractivity contribution in [2.24, 2.45) is 0 Å². The Kier molecular flexibility index (Phi) is 8.25. The molecule has 0 bridgehead atoms. The fraction of sp³-hybridized carbons (Fsp3) is 0.458. The number of rotatable bonds is 9. The lowest BCUT2D eigenvalue weighted by molar-refractivity contribution is 0.327. The molecule has 1 atom stereocenters. The summed E-state index contributed by atoms with van der Waals surface area (Å²) >= 11 is 0. The van der Waals surface area contributed by atoms with Crippen LogP contribution in [0.1, 0.15) is 43.7 Å². The summed E-state index contributed by atoms with van der Waals surface area (Å²) in [4.78, 5) is 4.62. The van der Waals surface area contributed by atoms with E-state index in [1.165, 1.54) is 0 Å². The van der Waals surface area contributed by atoms with Gasteiger partial charge in [-0.1, -0.05) is 51.1 Å². The van der Waals surface area contributed by atoms with Crippen molar-refractivity contribution >= 4 is 18.2 Å². The molecule has 1 aromatic carbocycles. The second-order valence-corrected chi connectivity index (χ2v) is 16.1. The van der Waals surface area contributed by atoms with Gasteiger partial charge in [-0.05, 0) is 49.7 Å². The maximum atomic E-state index is 13.6. The van der Waals surface area contributed by atoms with Crippen LogP contribution in [0.15, 0.2) is 59.6 Å². The zero-order valence-corrected chi connectivity index (χ0v) is 21.5. The first kappa shape index (κ1) is 25.3. The zero-order chi connectivity index (χ0) is 23.3. The number of pyridine rings is 1. The third-order valence-corrected chi connectivity index (χ3v) is 12.6.